The summed E-state index contributed by atoms with van der Waals surface area (Å²) in [4.78, 5) is 7.50. The van der Waals surface area contributed by atoms with Crippen LogP contribution in [0, 0.1) is 0 Å². The van der Waals surface area contributed by atoms with E-state index in [-0.39, 0.29) is 0 Å². The monoisotopic (exact) mass is 136 g/mol. The van der Waals surface area contributed by atoms with Gasteiger partial charge in [0.1, 0.15) is 12.0 Å². The molecule has 0 spiro atoms. The van der Waals surface area contributed by atoms with Gasteiger partial charge in [-0.15, -0.1) is 0 Å². The molecule has 1 rings (SSSR count). The molecule has 1 aromatic heterocycles. The lowest BCUT2D eigenvalue weighted by atomic mass is 10.3. The molecule has 0 aliphatic carbocycles. The highest BCUT2D eigenvalue weighted by Gasteiger charge is 1.98. The molecule has 0 unspecified atom stereocenters. The van der Waals surface area contributed by atoms with E-state index in [9.17, 15) is 0 Å². The van der Waals surface area contributed by atoms with Gasteiger partial charge >= 0.3 is 0 Å². The average Bonchev–Trinajstić information content (AvgIpc) is 1.95. The van der Waals surface area contributed by atoms with Crippen molar-refractivity contribution >= 4 is 17.6 Å². The Kier molecular flexibility index (Phi) is 1.53. The summed E-state index contributed by atoms with van der Waals surface area (Å²) in [6.07, 6.45) is 2.88. The minimum absolute atomic E-state index is 0.296. The van der Waals surface area contributed by atoms with Gasteiger partial charge in [0.05, 0.1) is 5.69 Å². The number of anilines is 2. The summed E-state index contributed by atoms with van der Waals surface area (Å²) in [7, 11) is 0. The van der Waals surface area contributed by atoms with Gasteiger partial charge in [0.2, 0.25) is 0 Å². The molecule has 0 fully saturated rings. The van der Waals surface area contributed by atoms with Crippen molar-refractivity contribution in [2.24, 2.45) is 0 Å². The average molecular weight is 136 g/mol. The van der Waals surface area contributed by atoms with Crippen LogP contribution in [-0.2, 0) is 0 Å². The van der Waals surface area contributed by atoms with Crippen LogP contribution in [0.1, 0.15) is 5.69 Å². The fourth-order valence-corrected chi connectivity index (χ4v) is 0.586. The highest BCUT2D eigenvalue weighted by atomic mass is 14.9. The van der Waals surface area contributed by atoms with Crippen molar-refractivity contribution in [3.63, 3.8) is 0 Å². The first-order chi connectivity index (χ1) is 4.75. The van der Waals surface area contributed by atoms with E-state index < -0.39 is 0 Å². The third-order valence-corrected chi connectivity index (χ3v) is 1.14. The second-order valence-corrected chi connectivity index (χ2v) is 1.76. The number of rotatable bonds is 1. The van der Waals surface area contributed by atoms with E-state index in [0.29, 0.717) is 17.2 Å². The van der Waals surface area contributed by atoms with Crippen LogP contribution in [0.2, 0.25) is 0 Å². The zero-order valence-corrected chi connectivity index (χ0v) is 5.41. The maximum absolute atomic E-state index is 5.47. The first-order valence-corrected chi connectivity index (χ1v) is 2.74. The molecule has 4 N–H and O–H groups in total. The fraction of sp³-hybridized carbons (Fsp3) is 0. The molecule has 4 nitrogen and oxygen atoms in total. The summed E-state index contributed by atoms with van der Waals surface area (Å²) in [5.41, 5.74) is 11.8. The molecule has 4 heteroatoms. The number of nitrogens with zero attached hydrogens (tertiary/aromatic N) is 2. The van der Waals surface area contributed by atoms with Gasteiger partial charge in [0.15, 0.2) is 5.82 Å². The van der Waals surface area contributed by atoms with Crippen LogP contribution in [0.4, 0.5) is 11.5 Å². The van der Waals surface area contributed by atoms with E-state index in [1.54, 1.807) is 0 Å². The molecular formula is C6H8N4. The summed E-state index contributed by atoms with van der Waals surface area (Å²) in [6.45, 7) is 3.51. The lowest BCUT2D eigenvalue weighted by Gasteiger charge is -1.99. The summed E-state index contributed by atoms with van der Waals surface area (Å²) in [5.74, 6) is 0.296. The zero-order valence-electron chi connectivity index (χ0n) is 5.41. The largest absolute Gasteiger partial charge is 0.394 e. The van der Waals surface area contributed by atoms with Gasteiger partial charge in [-0.2, -0.15) is 0 Å². The Bertz CT molecular complexity index is 256. The Balaban J connectivity index is 3.27. The minimum Gasteiger partial charge on any atom is -0.394 e. The Morgan fingerprint density at radius 1 is 1.40 bits per heavy atom. The van der Waals surface area contributed by atoms with Crippen molar-refractivity contribution in [3.05, 3.63) is 18.6 Å². The maximum Gasteiger partial charge on any atom is 0.150 e. The summed E-state index contributed by atoms with van der Waals surface area (Å²) < 4.78 is 0. The Hall–Kier alpha value is -1.58. The van der Waals surface area contributed by atoms with Crippen molar-refractivity contribution in [1.82, 2.24) is 9.97 Å². The summed E-state index contributed by atoms with van der Waals surface area (Å²) in [5, 5.41) is 0. The van der Waals surface area contributed by atoms with Gasteiger partial charge in [0.25, 0.3) is 0 Å². The van der Waals surface area contributed by atoms with Gasteiger partial charge in [-0.3, -0.25) is 0 Å². The molecule has 0 atom stereocenters. The van der Waals surface area contributed by atoms with Crippen LogP contribution in [0.3, 0.4) is 0 Å². The molecular weight excluding hydrogens is 128 g/mol. The van der Waals surface area contributed by atoms with Crippen LogP contribution >= 0.6 is 0 Å². The first kappa shape index (κ1) is 6.54. The Morgan fingerprint density at radius 2 is 2.10 bits per heavy atom. The van der Waals surface area contributed by atoms with Crippen LogP contribution < -0.4 is 11.5 Å². The minimum atomic E-state index is 0.296. The summed E-state index contributed by atoms with van der Waals surface area (Å²) >= 11 is 0. The topological polar surface area (TPSA) is 77.8 Å². The maximum atomic E-state index is 5.47. The number of hydrogen-bond donors (Lipinski definition) is 2. The molecule has 0 aliphatic heterocycles. The molecule has 0 amide bonds. The second kappa shape index (κ2) is 2.34. The molecule has 0 aliphatic rings. The van der Waals surface area contributed by atoms with Crippen LogP contribution in [0.15, 0.2) is 12.9 Å². The normalized spacial score (nSPS) is 9.20. The third-order valence-electron chi connectivity index (χ3n) is 1.14. The van der Waals surface area contributed by atoms with Crippen molar-refractivity contribution in [2.45, 2.75) is 0 Å². The first-order valence-electron chi connectivity index (χ1n) is 2.74. The number of nitrogen functional groups attached to an aromatic ring is 2. The molecule has 52 valence electrons. The van der Waals surface area contributed by atoms with Gasteiger partial charge in [-0.05, 0) is 6.08 Å². The zero-order chi connectivity index (χ0) is 7.56. The van der Waals surface area contributed by atoms with E-state index >= 15 is 0 Å². The highest BCUT2D eigenvalue weighted by molar-refractivity contribution is 5.69. The molecule has 10 heavy (non-hydrogen) atoms. The van der Waals surface area contributed by atoms with Crippen molar-refractivity contribution in [1.29, 1.82) is 0 Å². The van der Waals surface area contributed by atoms with E-state index in [2.05, 4.69) is 16.5 Å². The lowest BCUT2D eigenvalue weighted by molar-refractivity contribution is 1.17. The quantitative estimate of drug-likeness (QED) is 0.581. The van der Waals surface area contributed by atoms with Crippen LogP contribution in [0.5, 0.6) is 0 Å². The smallest absolute Gasteiger partial charge is 0.150 e. The highest BCUT2D eigenvalue weighted by Crippen LogP contribution is 2.13. The Morgan fingerprint density at radius 3 is 2.60 bits per heavy atom. The van der Waals surface area contributed by atoms with Crippen LogP contribution in [0.25, 0.3) is 6.08 Å². The predicted molar refractivity (Wildman–Crippen MR) is 40.9 cm³/mol. The molecule has 0 radical (unpaired) electrons. The van der Waals surface area contributed by atoms with Crippen molar-refractivity contribution in [3.8, 4) is 0 Å². The van der Waals surface area contributed by atoms with Crippen molar-refractivity contribution in [2.75, 3.05) is 11.5 Å². The van der Waals surface area contributed by atoms with E-state index in [1.807, 2.05) is 0 Å². The lowest BCUT2D eigenvalue weighted by Crippen LogP contribution is -2.01. The van der Waals surface area contributed by atoms with Crippen molar-refractivity contribution < 1.29 is 0 Å². The molecule has 0 bridgehead atoms. The second-order valence-electron chi connectivity index (χ2n) is 1.76. The van der Waals surface area contributed by atoms with E-state index in [4.69, 9.17) is 11.5 Å². The molecule has 1 heterocycles. The summed E-state index contributed by atoms with van der Waals surface area (Å²) in [6, 6.07) is 0. The van der Waals surface area contributed by atoms with E-state index in [0.717, 1.165) is 0 Å². The molecule has 0 saturated carbocycles. The third kappa shape index (κ3) is 0.907. The molecule has 0 aromatic carbocycles. The number of hydrogen-bond acceptors (Lipinski definition) is 4. The standard InChI is InChI=1S/C6H8N4/c1-2-4-5(7)6(8)10-3-9-4/h2-3H,1,7H2,(H2,8,9,10). The predicted octanol–water partition coefficient (Wildman–Crippen LogP) is 0.284. The van der Waals surface area contributed by atoms with Gasteiger partial charge in [0, 0.05) is 0 Å². The fourth-order valence-electron chi connectivity index (χ4n) is 0.586. The van der Waals surface area contributed by atoms with Gasteiger partial charge in [-0.1, -0.05) is 6.58 Å². The molecule has 0 saturated heterocycles. The van der Waals surface area contributed by atoms with Gasteiger partial charge < -0.3 is 11.5 Å². The van der Waals surface area contributed by atoms with Gasteiger partial charge in [-0.25, -0.2) is 9.97 Å². The Labute approximate surface area is 58.6 Å². The van der Waals surface area contributed by atoms with Crippen LogP contribution in [-0.4, -0.2) is 9.97 Å². The number of aromatic nitrogens is 2. The number of nitrogens with two attached hydrogens (primary N) is 2. The SMILES string of the molecule is C=Cc1ncnc(N)c1N. The molecule has 1 aromatic rings. The van der Waals surface area contributed by atoms with E-state index in [1.165, 1.54) is 12.4 Å².